The average Bonchev–Trinajstić information content (AvgIpc) is 3.44. The Morgan fingerprint density at radius 1 is 0.390 bits per heavy atom. The third-order valence-corrected chi connectivity index (χ3v) is 18.4. The fourth-order valence-corrected chi connectivity index (χ4v) is 14.6. The summed E-state index contributed by atoms with van der Waals surface area (Å²) in [5, 5.41) is 8.85. The highest BCUT2D eigenvalue weighted by atomic mass is 28.3. The summed E-state index contributed by atoms with van der Waals surface area (Å²) in [7, 11) is -4.39. The highest BCUT2D eigenvalue weighted by molar-refractivity contribution is 7.11. The lowest BCUT2D eigenvalue weighted by Gasteiger charge is -2.31. The van der Waals surface area contributed by atoms with Crippen molar-refractivity contribution in [2.75, 3.05) is 0 Å². The third-order valence-electron chi connectivity index (χ3n) is 9.46. The van der Waals surface area contributed by atoms with E-state index in [1.54, 1.807) is 0 Å². The predicted octanol–water partition coefficient (Wildman–Crippen LogP) is 5.46. The van der Waals surface area contributed by atoms with Crippen LogP contribution in [-0.4, -0.2) is 16.1 Å². The van der Waals surface area contributed by atoms with Crippen LogP contribution < -0.4 is 31.1 Å². The molecule has 0 aliphatic heterocycles. The second kappa shape index (κ2) is 10.3. The van der Waals surface area contributed by atoms with Gasteiger partial charge in [0.2, 0.25) is 0 Å². The second-order valence-electron chi connectivity index (χ2n) is 11.6. The fraction of sp³-hybridized carbons (Fsp3) is 0.0769. The van der Waals surface area contributed by atoms with Gasteiger partial charge in [0, 0.05) is 0 Å². The smallest absolute Gasteiger partial charge is 0.0624 e. The van der Waals surface area contributed by atoms with E-state index in [9.17, 15) is 0 Å². The number of benzene rings is 6. The molecule has 0 amide bonds. The second-order valence-corrected chi connectivity index (χ2v) is 19.5. The molecular weight excluding hydrogens is 525 g/mol. The highest BCUT2D eigenvalue weighted by Crippen LogP contribution is 2.36. The number of fused-ring (bicyclic) bond motifs is 3. The number of hydrogen-bond donors (Lipinski definition) is 0. The van der Waals surface area contributed by atoms with E-state index in [0.29, 0.717) is 0 Å². The predicted molar refractivity (Wildman–Crippen MR) is 181 cm³/mol. The van der Waals surface area contributed by atoms with Gasteiger partial charge in [-0.3, -0.25) is 0 Å². The van der Waals surface area contributed by atoms with Gasteiger partial charge < -0.3 is 0 Å². The molecule has 1 aliphatic rings. The molecule has 0 bridgehead atoms. The quantitative estimate of drug-likeness (QED) is 0.188. The molecule has 2 heteroatoms. The molecule has 198 valence electrons. The van der Waals surface area contributed by atoms with Crippen LogP contribution in [0.4, 0.5) is 0 Å². The van der Waals surface area contributed by atoms with Crippen LogP contribution in [0, 0.1) is 0 Å². The maximum absolute atomic E-state index is 2.55. The van der Waals surface area contributed by atoms with Crippen molar-refractivity contribution in [1.82, 2.24) is 0 Å². The Morgan fingerprint density at radius 3 is 1.34 bits per heavy atom. The average molecular weight is 559 g/mol. The Balaban J connectivity index is 1.38. The van der Waals surface area contributed by atoms with Crippen LogP contribution >= 0.6 is 0 Å². The molecule has 0 radical (unpaired) electrons. The topological polar surface area (TPSA) is 0 Å². The molecular formula is C39H34Si2. The first-order chi connectivity index (χ1) is 20.1. The molecule has 0 unspecified atom stereocenters. The largest absolute Gasteiger partial charge is 0.145 e. The molecule has 0 saturated heterocycles. The van der Waals surface area contributed by atoms with E-state index < -0.39 is 16.1 Å². The van der Waals surface area contributed by atoms with Crippen LogP contribution in [0.3, 0.4) is 0 Å². The lowest BCUT2D eigenvalue weighted by molar-refractivity contribution is 1.28. The van der Waals surface area contributed by atoms with Gasteiger partial charge in [-0.25, -0.2) is 0 Å². The van der Waals surface area contributed by atoms with Crippen molar-refractivity contribution >= 4 is 47.3 Å². The standard InChI is InChI=1S/C39H34Si2/c1-40(31-16-7-3-8-17-31,32-18-9-4-10-19-32)35-26-27-36-30(28-35)29-38-37(36)24-15-25-39(38)41(2,33-20-11-5-12-21-33)34-22-13-6-14-23-34/h3-28H,29H2,1-2H3. The van der Waals surface area contributed by atoms with Crippen molar-refractivity contribution < 1.29 is 0 Å². The molecule has 0 fully saturated rings. The summed E-state index contributed by atoms with van der Waals surface area (Å²) in [5.74, 6) is 0. The van der Waals surface area contributed by atoms with E-state index in [-0.39, 0.29) is 0 Å². The summed E-state index contributed by atoms with van der Waals surface area (Å²) in [5.41, 5.74) is 5.80. The van der Waals surface area contributed by atoms with Crippen LogP contribution in [0.15, 0.2) is 158 Å². The summed E-state index contributed by atoms with van der Waals surface area (Å²) < 4.78 is 0. The number of hydrogen-bond acceptors (Lipinski definition) is 0. The van der Waals surface area contributed by atoms with Crippen LogP contribution in [-0.2, 0) is 6.42 Å². The first kappa shape index (κ1) is 25.7. The highest BCUT2D eigenvalue weighted by Gasteiger charge is 2.39. The molecule has 6 aromatic rings. The van der Waals surface area contributed by atoms with Gasteiger partial charge in [0.15, 0.2) is 0 Å². The van der Waals surface area contributed by atoms with Gasteiger partial charge >= 0.3 is 0 Å². The first-order valence-electron chi connectivity index (χ1n) is 14.6. The van der Waals surface area contributed by atoms with Crippen LogP contribution in [0.25, 0.3) is 11.1 Å². The monoisotopic (exact) mass is 558 g/mol. The van der Waals surface area contributed by atoms with Gasteiger partial charge in [0.25, 0.3) is 0 Å². The van der Waals surface area contributed by atoms with Crippen LogP contribution in [0.1, 0.15) is 11.1 Å². The summed E-state index contributed by atoms with van der Waals surface area (Å²) in [4.78, 5) is 0. The summed E-state index contributed by atoms with van der Waals surface area (Å²) >= 11 is 0. The van der Waals surface area contributed by atoms with Crippen molar-refractivity contribution in [3.8, 4) is 11.1 Å². The van der Waals surface area contributed by atoms with Crippen molar-refractivity contribution in [2.24, 2.45) is 0 Å². The molecule has 41 heavy (non-hydrogen) atoms. The Labute approximate surface area is 246 Å². The normalized spacial score (nSPS) is 12.5. The first-order valence-corrected chi connectivity index (χ1v) is 19.6. The minimum Gasteiger partial charge on any atom is -0.0624 e. The number of rotatable bonds is 6. The zero-order valence-electron chi connectivity index (χ0n) is 23.7. The Morgan fingerprint density at radius 2 is 0.854 bits per heavy atom. The van der Waals surface area contributed by atoms with Gasteiger partial charge in [-0.15, -0.1) is 0 Å². The van der Waals surface area contributed by atoms with Crippen molar-refractivity contribution in [2.45, 2.75) is 19.5 Å². The molecule has 0 atom stereocenters. The Bertz CT molecular complexity index is 1730. The van der Waals surface area contributed by atoms with Crippen LogP contribution in [0.5, 0.6) is 0 Å². The van der Waals surface area contributed by atoms with E-state index in [1.165, 1.54) is 53.4 Å². The third kappa shape index (κ3) is 4.18. The molecule has 0 spiro atoms. The van der Waals surface area contributed by atoms with E-state index in [2.05, 4.69) is 171 Å². The lowest BCUT2D eigenvalue weighted by atomic mass is 10.1. The van der Waals surface area contributed by atoms with E-state index in [4.69, 9.17) is 0 Å². The fourth-order valence-electron chi connectivity index (χ4n) is 7.07. The summed E-state index contributed by atoms with van der Waals surface area (Å²) in [6, 6.07) is 59.2. The zero-order chi connectivity index (χ0) is 27.9. The Hall–Kier alpha value is -4.25. The van der Waals surface area contributed by atoms with E-state index >= 15 is 0 Å². The van der Waals surface area contributed by atoms with Crippen molar-refractivity contribution in [3.63, 3.8) is 0 Å². The zero-order valence-corrected chi connectivity index (χ0v) is 25.7. The van der Waals surface area contributed by atoms with Gasteiger partial charge in [-0.05, 0) is 59.8 Å². The summed E-state index contributed by atoms with van der Waals surface area (Å²) in [6.07, 6.45) is 0.991. The minimum absolute atomic E-state index is 0.991. The van der Waals surface area contributed by atoms with Crippen LogP contribution in [0.2, 0.25) is 13.1 Å². The molecule has 0 nitrogen and oxygen atoms in total. The van der Waals surface area contributed by atoms with E-state index in [0.717, 1.165) is 6.42 Å². The van der Waals surface area contributed by atoms with Gasteiger partial charge in [0.1, 0.15) is 16.1 Å². The lowest BCUT2D eigenvalue weighted by Crippen LogP contribution is -2.65. The maximum Gasteiger partial charge on any atom is 0.145 e. The van der Waals surface area contributed by atoms with E-state index in [1.807, 2.05) is 0 Å². The molecule has 0 saturated carbocycles. The van der Waals surface area contributed by atoms with Gasteiger partial charge in [-0.2, -0.15) is 0 Å². The van der Waals surface area contributed by atoms with Gasteiger partial charge in [0.05, 0.1) is 0 Å². The Kier molecular flexibility index (Phi) is 6.46. The molecule has 1 aliphatic carbocycles. The summed E-state index contributed by atoms with van der Waals surface area (Å²) in [6.45, 7) is 5.05. The SMILES string of the molecule is C[Si](c1ccccc1)(c1ccccc1)c1ccc2c(c1)Cc1c-2cccc1[Si](C)(c1ccccc1)c1ccccc1. The minimum atomic E-state index is -2.22. The van der Waals surface area contributed by atoms with Gasteiger partial charge in [-0.1, -0.05) is 171 Å². The van der Waals surface area contributed by atoms with Crippen molar-refractivity contribution in [1.29, 1.82) is 0 Å². The molecule has 0 heterocycles. The molecule has 6 aromatic carbocycles. The maximum atomic E-state index is 2.55. The van der Waals surface area contributed by atoms with Crippen molar-refractivity contribution in [3.05, 3.63) is 169 Å². The molecule has 0 aromatic heterocycles. The molecule has 0 N–H and O–H groups in total. The molecule has 7 rings (SSSR count).